The van der Waals surface area contributed by atoms with Gasteiger partial charge in [0.05, 0.1) is 5.69 Å². The van der Waals surface area contributed by atoms with Gasteiger partial charge in [-0.25, -0.2) is 9.97 Å². The number of hydrogen-bond acceptors (Lipinski definition) is 2. The molecule has 0 fully saturated rings. The van der Waals surface area contributed by atoms with Gasteiger partial charge < -0.3 is 0 Å². The zero-order valence-corrected chi connectivity index (χ0v) is 11.2. The van der Waals surface area contributed by atoms with Crippen LogP contribution in [0.15, 0.2) is 24.3 Å². The third-order valence-electron chi connectivity index (χ3n) is 2.11. The zero-order valence-electron chi connectivity index (χ0n) is 8.97. The average Bonchev–Trinajstić information content (AvgIpc) is 2.25. The van der Waals surface area contributed by atoms with E-state index in [1.165, 1.54) is 24.3 Å². The van der Waals surface area contributed by atoms with Crippen LogP contribution < -0.4 is 0 Å². The summed E-state index contributed by atoms with van der Waals surface area (Å²) in [7, 11) is 0. The molecule has 1 aromatic carbocycles. The quantitative estimate of drug-likeness (QED) is 0.679. The van der Waals surface area contributed by atoms with Crippen molar-refractivity contribution in [2.45, 2.75) is 6.18 Å². The molecule has 0 atom stereocenters. The van der Waals surface area contributed by atoms with E-state index in [-0.39, 0.29) is 20.9 Å². The maximum atomic E-state index is 12.6. The molecule has 0 unspecified atom stereocenters. The topological polar surface area (TPSA) is 25.8 Å². The van der Waals surface area contributed by atoms with Crippen molar-refractivity contribution in [3.8, 4) is 11.3 Å². The van der Waals surface area contributed by atoms with Gasteiger partial charge in [0.25, 0.3) is 0 Å². The summed E-state index contributed by atoms with van der Waals surface area (Å²) in [6, 6.07) is 5.54. The molecule has 2 rings (SSSR count). The molecule has 0 bridgehead atoms. The lowest BCUT2D eigenvalue weighted by Crippen LogP contribution is -2.11. The fourth-order valence-electron chi connectivity index (χ4n) is 1.39. The van der Waals surface area contributed by atoms with Gasteiger partial charge in [-0.15, -0.1) is 0 Å². The Bertz CT molecular complexity index is 609. The molecule has 0 N–H and O–H groups in total. The smallest absolute Gasteiger partial charge is 0.224 e. The summed E-state index contributed by atoms with van der Waals surface area (Å²) in [6.07, 6.45) is -4.68. The van der Waals surface area contributed by atoms with Gasteiger partial charge >= 0.3 is 6.18 Å². The lowest BCUT2D eigenvalue weighted by molar-refractivity contribution is -0.144. The second-order valence-corrected chi connectivity index (χ2v) is 4.82. The van der Waals surface area contributed by atoms with E-state index in [1.54, 1.807) is 0 Å². The van der Waals surface area contributed by atoms with Crippen LogP contribution in [0.3, 0.4) is 0 Å². The summed E-state index contributed by atoms with van der Waals surface area (Å²) >= 11 is 17.1. The Hall–Kier alpha value is -1.04. The maximum Gasteiger partial charge on any atom is 0.451 e. The van der Waals surface area contributed by atoms with E-state index in [4.69, 9.17) is 34.8 Å². The first-order valence-electron chi connectivity index (χ1n) is 4.84. The lowest BCUT2D eigenvalue weighted by Gasteiger charge is -2.08. The van der Waals surface area contributed by atoms with Crippen LogP contribution in [0, 0.1) is 0 Å². The van der Waals surface area contributed by atoms with Gasteiger partial charge in [0, 0.05) is 21.7 Å². The Balaban J connectivity index is 2.59. The Morgan fingerprint density at radius 3 is 1.95 bits per heavy atom. The molecule has 1 aromatic heterocycles. The largest absolute Gasteiger partial charge is 0.451 e. The van der Waals surface area contributed by atoms with Crippen molar-refractivity contribution in [2.24, 2.45) is 0 Å². The van der Waals surface area contributed by atoms with E-state index in [9.17, 15) is 13.2 Å². The molecule has 1 heterocycles. The van der Waals surface area contributed by atoms with Crippen molar-refractivity contribution in [1.82, 2.24) is 9.97 Å². The molecular weight excluding hydrogens is 323 g/mol. The van der Waals surface area contributed by atoms with E-state index < -0.39 is 12.0 Å². The van der Waals surface area contributed by atoms with Crippen molar-refractivity contribution < 1.29 is 13.2 Å². The SMILES string of the molecule is FC(F)(F)c1nc(Cl)cc(-c2cc(Cl)cc(Cl)c2)n1. The molecule has 0 aliphatic rings. The fraction of sp³-hybridized carbons (Fsp3) is 0.0909. The van der Waals surface area contributed by atoms with Gasteiger partial charge in [-0.1, -0.05) is 34.8 Å². The maximum absolute atomic E-state index is 12.6. The van der Waals surface area contributed by atoms with Crippen LogP contribution in [0.5, 0.6) is 0 Å². The summed E-state index contributed by atoms with van der Waals surface area (Å²) in [5, 5.41) is 0.255. The van der Waals surface area contributed by atoms with Gasteiger partial charge in [0.15, 0.2) is 0 Å². The van der Waals surface area contributed by atoms with Gasteiger partial charge in [0.2, 0.25) is 5.82 Å². The predicted molar refractivity (Wildman–Crippen MR) is 67.5 cm³/mol. The summed E-state index contributed by atoms with van der Waals surface area (Å²) in [5.41, 5.74) is 0.323. The molecule has 8 heteroatoms. The number of halogens is 6. The minimum absolute atomic E-state index is 0.00303. The molecule has 2 nitrogen and oxygen atoms in total. The minimum atomic E-state index is -4.68. The molecule has 0 radical (unpaired) electrons. The second kappa shape index (κ2) is 5.15. The van der Waals surface area contributed by atoms with Crippen LogP contribution in [0.1, 0.15) is 5.82 Å². The average molecular weight is 328 g/mol. The van der Waals surface area contributed by atoms with Crippen molar-refractivity contribution >= 4 is 34.8 Å². The molecule has 19 heavy (non-hydrogen) atoms. The van der Waals surface area contributed by atoms with Crippen LogP contribution in [-0.4, -0.2) is 9.97 Å². The van der Waals surface area contributed by atoms with Crippen molar-refractivity contribution in [2.75, 3.05) is 0 Å². The first kappa shape index (κ1) is 14.4. The molecule has 0 saturated carbocycles. The Morgan fingerprint density at radius 2 is 1.42 bits per heavy atom. The number of aromatic nitrogens is 2. The molecule has 0 saturated heterocycles. The summed E-state index contributed by atoms with van der Waals surface area (Å²) in [5.74, 6) is -1.31. The molecule has 0 amide bonds. The highest BCUT2D eigenvalue weighted by atomic mass is 35.5. The molecule has 0 aliphatic carbocycles. The van der Waals surface area contributed by atoms with Crippen LogP contribution >= 0.6 is 34.8 Å². The highest BCUT2D eigenvalue weighted by Crippen LogP contribution is 2.31. The minimum Gasteiger partial charge on any atom is -0.224 e. The fourth-order valence-corrected chi connectivity index (χ4v) is 2.10. The van der Waals surface area contributed by atoms with E-state index in [1.807, 2.05) is 0 Å². The van der Waals surface area contributed by atoms with Crippen LogP contribution in [0.4, 0.5) is 13.2 Å². The highest BCUT2D eigenvalue weighted by molar-refractivity contribution is 6.35. The molecular formula is C11H4Cl3F3N2. The molecule has 100 valence electrons. The van der Waals surface area contributed by atoms with Crippen LogP contribution in [-0.2, 0) is 6.18 Å². The van der Waals surface area contributed by atoms with Crippen LogP contribution in [0.2, 0.25) is 15.2 Å². The Labute approximate surface area is 121 Å². The van der Waals surface area contributed by atoms with Crippen molar-refractivity contribution in [1.29, 1.82) is 0 Å². The second-order valence-electron chi connectivity index (χ2n) is 3.56. The summed E-state index contributed by atoms with van der Waals surface area (Å²) in [4.78, 5) is 6.56. The third kappa shape index (κ3) is 3.49. The first-order chi connectivity index (χ1) is 8.75. The monoisotopic (exact) mass is 326 g/mol. The third-order valence-corrected chi connectivity index (χ3v) is 2.74. The van der Waals surface area contributed by atoms with Gasteiger partial charge in [-0.2, -0.15) is 13.2 Å². The Kier molecular flexibility index (Phi) is 3.90. The van der Waals surface area contributed by atoms with E-state index in [0.717, 1.165) is 0 Å². The molecule has 0 aliphatic heterocycles. The van der Waals surface area contributed by atoms with Gasteiger partial charge in [0.1, 0.15) is 5.15 Å². The lowest BCUT2D eigenvalue weighted by atomic mass is 10.1. The van der Waals surface area contributed by atoms with Gasteiger partial charge in [-0.3, -0.25) is 0 Å². The summed E-state index contributed by atoms with van der Waals surface area (Å²) < 4.78 is 37.8. The number of hydrogen-bond donors (Lipinski definition) is 0. The normalized spacial score (nSPS) is 11.7. The number of rotatable bonds is 1. The zero-order chi connectivity index (χ0) is 14.2. The predicted octanol–water partition coefficient (Wildman–Crippen LogP) is 5.12. The van der Waals surface area contributed by atoms with Gasteiger partial charge in [-0.05, 0) is 18.2 Å². The molecule has 2 aromatic rings. The van der Waals surface area contributed by atoms with E-state index in [2.05, 4.69) is 9.97 Å². The number of alkyl halides is 3. The standard InChI is InChI=1S/C11H4Cl3F3N2/c12-6-1-5(2-7(13)3-6)8-4-9(14)19-10(18-8)11(15,16)17/h1-4H. The highest BCUT2D eigenvalue weighted by Gasteiger charge is 2.35. The summed E-state index contributed by atoms with van der Waals surface area (Å²) in [6.45, 7) is 0. The number of benzene rings is 1. The van der Waals surface area contributed by atoms with E-state index in [0.29, 0.717) is 5.56 Å². The van der Waals surface area contributed by atoms with Crippen molar-refractivity contribution in [3.63, 3.8) is 0 Å². The van der Waals surface area contributed by atoms with Crippen molar-refractivity contribution in [3.05, 3.63) is 45.3 Å². The first-order valence-corrected chi connectivity index (χ1v) is 5.97. The number of nitrogens with zero attached hydrogens (tertiary/aromatic N) is 2. The molecule has 0 spiro atoms. The Morgan fingerprint density at radius 1 is 0.842 bits per heavy atom. The van der Waals surface area contributed by atoms with Crippen LogP contribution in [0.25, 0.3) is 11.3 Å². The van der Waals surface area contributed by atoms with E-state index >= 15 is 0 Å².